The highest BCUT2D eigenvalue weighted by Crippen LogP contribution is 2.22. The monoisotopic (exact) mass is 356 g/mol. The summed E-state index contributed by atoms with van der Waals surface area (Å²) < 4.78 is 33.5. The van der Waals surface area contributed by atoms with Gasteiger partial charge < -0.3 is 4.42 Å². The fourth-order valence-electron chi connectivity index (χ4n) is 2.98. The molecule has 0 spiro atoms. The molecule has 6 heteroatoms. The zero-order valence-corrected chi connectivity index (χ0v) is 15.2. The molecule has 1 aromatic carbocycles. The summed E-state index contributed by atoms with van der Waals surface area (Å²) in [4.78, 5) is 4.60. The van der Waals surface area contributed by atoms with Crippen LogP contribution in [0.1, 0.15) is 22.3 Å². The molecule has 0 amide bonds. The molecule has 2 aromatic heterocycles. The zero-order chi connectivity index (χ0) is 18.0. The van der Waals surface area contributed by atoms with Crippen LogP contribution in [0.15, 0.2) is 58.2 Å². The van der Waals surface area contributed by atoms with Crippen molar-refractivity contribution in [1.82, 2.24) is 9.71 Å². The molecule has 0 saturated heterocycles. The number of rotatable bonds is 5. The fourth-order valence-corrected chi connectivity index (χ4v) is 4.45. The third kappa shape index (κ3) is 3.81. The topological polar surface area (TPSA) is 72.2 Å². The van der Waals surface area contributed by atoms with Gasteiger partial charge in [0.25, 0.3) is 0 Å². The fraction of sp³-hybridized carbons (Fsp3) is 0.211. The van der Waals surface area contributed by atoms with Gasteiger partial charge in [0, 0.05) is 12.7 Å². The van der Waals surface area contributed by atoms with Gasteiger partial charge >= 0.3 is 0 Å². The van der Waals surface area contributed by atoms with Crippen LogP contribution in [0.3, 0.4) is 0 Å². The highest BCUT2D eigenvalue weighted by molar-refractivity contribution is 7.89. The Morgan fingerprint density at radius 2 is 1.80 bits per heavy atom. The lowest BCUT2D eigenvalue weighted by Gasteiger charge is -2.13. The summed E-state index contributed by atoms with van der Waals surface area (Å²) in [5, 5.41) is 0. The number of benzene rings is 1. The maximum atomic E-state index is 12.7. The largest absolute Gasteiger partial charge is 0.463 e. The first-order valence-corrected chi connectivity index (χ1v) is 9.41. The van der Waals surface area contributed by atoms with E-state index in [4.69, 9.17) is 4.42 Å². The van der Waals surface area contributed by atoms with Crippen molar-refractivity contribution in [2.75, 3.05) is 0 Å². The van der Waals surface area contributed by atoms with Gasteiger partial charge in [0.15, 0.2) is 5.76 Å². The maximum absolute atomic E-state index is 12.7. The van der Waals surface area contributed by atoms with E-state index >= 15 is 0 Å². The van der Waals surface area contributed by atoms with Crippen molar-refractivity contribution in [1.29, 1.82) is 0 Å². The van der Waals surface area contributed by atoms with Gasteiger partial charge in [-0.2, -0.15) is 0 Å². The molecule has 3 aromatic rings. The number of nitrogens with one attached hydrogen (secondary N) is 1. The second-order valence-electron chi connectivity index (χ2n) is 6.08. The van der Waals surface area contributed by atoms with Crippen LogP contribution in [-0.4, -0.2) is 13.4 Å². The second kappa shape index (κ2) is 6.82. The third-order valence-corrected chi connectivity index (χ3v) is 5.64. The summed E-state index contributed by atoms with van der Waals surface area (Å²) in [5.74, 6) is 0.648. The molecule has 0 unspecified atom stereocenters. The first-order valence-electron chi connectivity index (χ1n) is 7.93. The number of furan rings is 1. The molecule has 0 aliphatic rings. The minimum atomic E-state index is -3.60. The zero-order valence-electron chi connectivity index (χ0n) is 14.4. The van der Waals surface area contributed by atoms with E-state index in [-0.39, 0.29) is 6.54 Å². The Kier molecular flexibility index (Phi) is 4.74. The number of aryl methyl sites for hydroxylation is 3. The van der Waals surface area contributed by atoms with Gasteiger partial charge in [-0.1, -0.05) is 17.7 Å². The molecule has 0 saturated carbocycles. The van der Waals surface area contributed by atoms with Gasteiger partial charge in [0.05, 0.1) is 11.2 Å². The van der Waals surface area contributed by atoms with E-state index in [2.05, 4.69) is 9.71 Å². The lowest BCUT2D eigenvalue weighted by Crippen LogP contribution is -2.25. The average Bonchev–Trinajstić information content (AvgIpc) is 3.06. The van der Waals surface area contributed by atoms with Crippen molar-refractivity contribution >= 4 is 10.0 Å². The first kappa shape index (κ1) is 17.4. The summed E-state index contributed by atoms with van der Waals surface area (Å²) >= 11 is 0. The first-order chi connectivity index (χ1) is 11.9. The summed E-state index contributed by atoms with van der Waals surface area (Å²) in [5.41, 5.74) is 4.02. The average molecular weight is 356 g/mol. The lowest BCUT2D eigenvalue weighted by atomic mass is 10.1. The van der Waals surface area contributed by atoms with Gasteiger partial charge in [-0.05, 0) is 61.7 Å². The molecular weight excluding hydrogens is 336 g/mol. The van der Waals surface area contributed by atoms with E-state index in [0.717, 1.165) is 22.3 Å². The summed E-state index contributed by atoms with van der Waals surface area (Å²) in [6.07, 6.45) is 3.22. The van der Waals surface area contributed by atoms with Crippen LogP contribution in [0.5, 0.6) is 0 Å². The molecule has 130 valence electrons. The molecule has 3 rings (SSSR count). The molecule has 5 nitrogen and oxygen atoms in total. The smallest absolute Gasteiger partial charge is 0.241 e. The quantitative estimate of drug-likeness (QED) is 0.756. The molecule has 25 heavy (non-hydrogen) atoms. The van der Waals surface area contributed by atoms with Crippen LogP contribution >= 0.6 is 0 Å². The Morgan fingerprint density at radius 3 is 2.44 bits per heavy atom. The summed E-state index contributed by atoms with van der Waals surface area (Å²) in [6, 6.07) is 11.0. The van der Waals surface area contributed by atoms with Crippen LogP contribution < -0.4 is 4.72 Å². The van der Waals surface area contributed by atoms with Gasteiger partial charge in [-0.3, -0.25) is 4.98 Å². The predicted octanol–water partition coefficient (Wildman–Crippen LogP) is 3.75. The van der Waals surface area contributed by atoms with Crippen molar-refractivity contribution in [3.05, 3.63) is 71.1 Å². The van der Waals surface area contributed by atoms with Crippen molar-refractivity contribution in [2.24, 2.45) is 0 Å². The number of aromatic nitrogens is 1. The molecule has 0 radical (unpaired) electrons. The van der Waals surface area contributed by atoms with Crippen molar-refractivity contribution in [3.63, 3.8) is 0 Å². The Balaban J connectivity index is 1.83. The number of nitrogens with zero attached hydrogens (tertiary/aromatic N) is 1. The van der Waals surface area contributed by atoms with E-state index in [0.29, 0.717) is 16.3 Å². The van der Waals surface area contributed by atoms with E-state index < -0.39 is 10.0 Å². The summed E-state index contributed by atoms with van der Waals surface area (Å²) in [6.45, 7) is 5.77. The van der Waals surface area contributed by atoms with Crippen molar-refractivity contribution in [2.45, 2.75) is 32.2 Å². The molecule has 0 fully saturated rings. The number of pyridine rings is 1. The number of sulfonamides is 1. The second-order valence-corrected chi connectivity index (χ2v) is 7.78. The summed E-state index contributed by atoms with van der Waals surface area (Å²) in [7, 11) is -3.60. The van der Waals surface area contributed by atoms with Gasteiger partial charge in [0.2, 0.25) is 10.0 Å². The van der Waals surface area contributed by atoms with Crippen LogP contribution in [0.2, 0.25) is 0 Å². The lowest BCUT2D eigenvalue weighted by molar-refractivity contribution is 0.579. The minimum Gasteiger partial charge on any atom is -0.463 e. The SMILES string of the molecule is Cc1cc(C)c(S(=O)(=O)NCc2ccnc(-c3ccco3)c2)c(C)c1. The normalized spacial score (nSPS) is 11.6. The van der Waals surface area contributed by atoms with Crippen LogP contribution in [0.25, 0.3) is 11.5 Å². The predicted molar refractivity (Wildman–Crippen MR) is 96.6 cm³/mol. The van der Waals surface area contributed by atoms with Crippen LogP contribution in [-0.2, 0) is 16.6 Å². The van der Waals surface area contributed by atoms with Gasteiger partial charge in [0.1, 0.15) is 5.69 Å². The molecule has 0 atom stereocenters. The maximum Gasteiger partial charge on any atom is 0.241 e. The molecule has 1 N–H and O–H groups in total. The Hall–Kier alpha value is -2.44. The highest BCUT2D eigenvalue weighted by Gasteiger charge is 2.19. The third-order valence-electron chi connectivity index (χ3n) is 3.94. The number of hydrogen-bond donors (Lipinski definition) is 1. The molecule has 0 aliphatic carbocycles. The van der Waals surface area contributed by atoms with Gasteiger partial charge in [-0.25, -0.2) is 13.1 Å². The molecule has 2 heterocycles. The van der Waals surface area contributed by atoms with E-state index in [1.54, 1.807) is 24.6 Å². The van der Waals surface area contributed by atoms with Gasteiger partial charge in [-0.15, -0.1) is 0 Å². The molecular formula is C19H20N2O3S. The van der Waals surface area contributed by atoms with Crippen molar-refractivity contribution in [3.8, 4) is 11.5 Å². The van der Waals surface area contributed by atoms with Crippen LogP contribution in [0.4, 0.5) is 0 Å². The van der Waals surface area contributed by atoms with Crippen molar-refractivity contribution < 1.29 is 12.8 Å². The highest BCUT2D eigenvalue weighted by atomic mass is 32.2. The van der Waals surface area contributed by atoms with E-state index in [1.165, 1.54) is 0 Å². The van der Waals surface area contributed by atoms with E-state index in [1.807, 2.05) is 45.0 Å². The Labute approximate surface area is 147 Å². The minimum absolute atomic E-state index is 0.186. The van der Waals surface area contributed by atoms with Crippen LogP contribution in [0, 0.1) is 20.8 Å². The Morgan fingerprint density at radius 1 is 1.08 bits per heavy atom. The number of hydrogen-bond acceptors (Lipinski definition) is 4. The molecule has 0 bridgehead atoms. The standard InChI is InChI=1S/C19H20N2O3S/c1-13-9-14(2)19(15(3)10-13)25(22,23)21-12-16-6-7-20-17(11-16)18-5-4-8-24-18/h4-11,21H,12H2,1-3H3. The van der Waals surface area contributed by atoms with E-state index in [9.17, 15) is 8.42 Å². The molecule has 0 aliphatic heterocycles. The Bertz CT molecular complexity index is 970.